The second-order valence-corrected chi connectivity index (χ2v) is 6.11. The van der Waals surface area contributed by atoms with E-state index in [4.69, 9.17) is 9.47 Å². The van der Waals surface area contributed by atoms with E-state index in [0.717, 1.165) is 10.6 Å². The molecule has 0 spiro atoms. The Labute approximate surface area is 144 Å². The summed E-state index contributed by atoms with van der Waals surface area (Å²) in [7, 11) is 1.61. The van der Waals surface area contributed by atoms with E-state index in [2.05, 4.69) is 5.32 Å². The van der Waals surface area contributed by atoms with E-state index in [1.54, 1.807) is 54.8 Å². The number of benzene rings is 2. The number of carbonyl (C=O) groups is 1. The van der Waals surface area contributed by atoms with Crippen molar-refractivity contribution in [1.82, 2.24) is 0 Å². The first-order chi connectivity index (χ1) is 11.7. The van der Waals surface area contributed by atoms with Crippen molar-refractivity contribution in [3.8, 4) is 11.5 Å². The molecule has 3 rings (SSSR count). The first kappa shape index (κ1) is 16.1. The van der Waals surface area contributed by atoms with Gasteiger partial charge in [0, 0.05) is 16.1 Å². The SMILES string of the molecule is COc1ccc(NC(=O)c2cccc(OCc3cccs3)c2)cc1. The minimum absolute atomic E-state index is 0.179. The van der Waals surface area contributed by atoms with Gasteiger partial charge in [-0.25, -0.2) is 0 Å². The number of hydrogen-bond acceptors (Lipinski definition) is 4. The van der Waals surface area contributed by atoms with E-state index in [1.807, 2.05) is 29.6 Å². The lowest BCUT2D eigenvalue weighted by atomic mass is 10.2. The quantitative estimate of drug-likeness (QED) is 0.714. The molecule has 0 atom stereocenters. The number of carbonyl (C=O) groups excluding carboxylic acids is 1. The van der Waals surface area contributed by atoms with E-state index in [-0.39, 0.29) is 5.91 Å². The Balaban J connectivity index is 1.64. The number of nitrogens with one attached hydrogen (secondary N) is 1. The summed E-state index contributed by atoms with van der Waals surface area (Å²) >= 11 is 1.64. The molecule has 1 amide bonds. The van der Waals surface area contributed by atoms with Gasteiger partial charge in [0.15, 0.2) is 0 Å². The number of ether oxygens (including phenoxy) is 2. The molecule has 24 heavy (non-hydrogen) atoms. The smallest absolute Gasteiger partial charge is 0.255 e. The van der Waals surface area contributed by atoms with Crippen molar-refractivity contribution in [2.45, 2.75) is 6.61 Å². The normalized spacial score (nSPS) is 10.2. The Morgan fingerprint density at radius 1 is 1.04 bits per heavy atom. The Hall–Kier alpha value is -2.79. The second kappa shape index (κ2) is 7.66. The first-order valence-corrected chi connectivity index (χ1v) is 8.33. The summed E-state index contributed by atoms with van der Waals surface area (Å²) in [6.07, 6.45) is 0. The van der Waals surface area contributed by atoms with E-state index < -0.39 is 0 Å². The van der Waals surface area contributed by atoms with Crippen molar-refractivity contribution in [1.29, 1.82) is 0 Å². The van der Waals surface area contributed by atoms with Gasteiger partial charge >= 0.3 is 0 Å². The fourth-order valence-corrected chi connectivity index (χ4v) is 2.77. The molecule has 1 N–H and O–H groups in total. The molecule has 0 aliphatic rings. The van der Waals surface area contributed by atoms with Crippen molar-refractivity contribution >= 4 is 22.9 Å². The third kappa shape index (κ3) is 4.14. The maximum Gasteiger partial charge on any atom is 0.255 e. The van der Waals surface area contributed by atoms with E-state index >= 15 is 0 Å². The molecule has 2 aromatic carbocycles. The number of rotatable bonds is 6. The molecule has 1 heterocycles. The summed E-state index contributed by atoms with van der Waals surface area (Å²) in [5, 5.41) is 4.87. The highest BCUT2D eigenvalue weighted by atomic mass is 32.1. The highest BCUT2D eigenvalue weighted by Crippen LogP contribution is 2.19. The molecule has 4 nitrogen and oxygen atoms in total. The lowest BCUT2D eigenvalue weighted by molar-refractivity contribution is 0.102. The summed E-state index contributed by atoms with van der Waals surface area (Å²) in [6.45, 7) is 0.501. The van der Waals surface area contributed by atoms with Crippen LogP contribution in [0, 0.1) is 0 Å². The fourth-order valence-electron chi connectivity index (χ4n) is 2.15. The predicted molar refractivity (Wildman–Crippen MR) is 96.0 cm³/mol. The van der Waals surface area contributed by atoms with Gasteiger partial charge in [-0.15, -0.1) is 11.3 Å². The molecule has 122 valence electrons. The van der Waals surface area contributed by atoms with Gasteiger partial charge in [0.1, 0.15) is 18.1 Å². The summed E-state index contributed by atoms with van der Waals surface area (Å²) in [6, 6.07) is 18.4. The lowest BCUT2D eigenvalue weighted by Gasteiger charge is -2.09. The fraction of sp³-hybridized carbons (Fsp3) is 0.105. The van der Waals surface area contributed by atoms with Gasteiger partial charge in [0.2, 0.25) is 0 Å². The van der Waals surface area contributed by atoms with Crippen LogP contribution in [-0.2, 0) is 6.61 Å². The van der Waals surface area contributed by atoms with Crippen molar-refractivity contribution in [3.63, 3.8) is 0 Å². The van der Waals surface area contributed by atoms with Crippen LogP contribution in [0.4, 0.5) is 5.69 Å². The van der Waals surface area contributed by atoms with E-state index in [0.29, 0.717) is 23.6 Å². The molecule has 0 saturated carbocycles. The molecule has 0 unspecified atom stereocenters. The van der Waals surface area contributed by atoms with Crippen LogP contribution < -0.4 is 14.8 Å². The number of thiophene rings is 1. The molecule has 0 saturated heterocycles. The minimum Gasteiger partial charge on any atom is -0.497 e. The topological polar surface area (TPSA) is 47.6 Å². The summed E-state index contributed by atoms with van der Waals surface area (Å²) in [5.41, 5.74) is 1.26. The van der Waals surface area contributed by atoms with Gasteiger partial charge in [-0.05, 0) is 53.9 Å². The van der Waals surface area contributed by atoms with Crippen LogP contribution >= 0.6 is 11.3 Å². The molecular weight excluding hydrogens is 322 g/mol. The Kier molecular flexibility index (Phi) is 5.13. The highest BCUT2D eigenvalue weighted by Gasteiger charge is 2.08. The van der Waals surface area contributed by atoms with Gasteiger partial charge in [0.25, 0.3) is 5.91 Å². The second-order valence-electron chi connectivity index (χ2n) is 5.08. The lowest BCUT2D eigenvalue weighted by Crippen LogP contribution is -2.11. The zero-order valence-electron chi connectivity index (χ0n) is 13.2. The van der Waals surface area contributed by atoms with E-state index in [9.17, 15) is 4.79 Å². The zero-order chi connectivity index (χ0) is 16.8. The van der Waals surface area contributed by atoms with Crippen LogP contribution in [0.2, 0.25) is 0 Å². The third-order valence-electron chi connectivity index (χ3n) is 3.41. The van der Waals surface area contributed by atoms with Gasteiger partial charge in [0.05, 0.1) is 7.11 Å². The molecule has 0 fully saturated rings. The average Bonchev–Trinajstić information content (AvgIpc) is 3.14. The molecule has 0 radical (unpaired) electrons. The van der Waals surface area contributed by atoms with Crippen LogP contribution in [0.15, 0.2) is 66.0 Å². The predicted octanol–water partition coefficient (Wildman–Crippen LogP) is 4.59. The van der Waals surface area contributed by atoms with Gasteiger partial charge < -0.3 is 14.8 Å². The molecule has 0 aliphatic heterocycles. The van der Waals surface area contributed by atoms with Gasteiger partial charge in [-0.1, -0.05) is 12.1 Å². The molecule has 3 aromatic rings. The Morgan fingerprint density at radius 2 is 1.88 bits per heavy atom. The molecule has 0 bridgehead atoms. The standard InChI is InChI=1S/C19H17NO3S/c1-22-16-9-7-15(8-10-16)20-19(21)14-4-2-5-17(12-14)23-13-18-6-3-11-24-18/h2-12H,13H2,1H3,(H,20,21). The van der Waals surface area contributed by atoms with Crippen LogP contribution in [0.25, 0.3) is 0 Å². The van der Waals surface area contributed by atoms with Crippen LogP contribution in [0.1, 0.15) is 15.2 Å². The van der Waals surface area contributed by atoms with Gasteiger partial charge in [-0.3, -0.25) is 4.79 Å². The molecular formula is C19H17NO3S. The van der Waals surface area contributed by atoms with Crippen LogP contribution in [-0.4, -0.2) is 13.0 Å². The van der Waals surface area contributed by atoms with Crippen LogP contribution in [0.5, 0.6) is 11.5 Å². The zero-order valence-corrected chi connectivity index (χ0v) is 14.0. The number of methoxy groups -OCH3 is 1. The molecule has 5 heteroatoms. The van der Waals surface area contributed by atoms with E-state index in [1.165, 1.54) is 0 Å². The van der Waals surface area contributed by atoms with Gasteiger partial charge in [-0.2, -0.15) is 0 Å². The van der Waals surface area contributed by atoms with Crippen molar-refractivity contribution in [2.75, 3.05) is 12.4 Å². The summed E-state index contributed by atoms with van der Waals surface area (Å²) in [4.78, 5) is 13.5. The van der Waals surface area contributed by atoms with Crippen molar-refractivity contribution in [3.05, 3.63) is 76.5 Å². The molecule has 1 aromatic heterocycles. The summed E-state index contributed by atoms with van der Waals surface area (Å²) in [5.74, 6) is 1.24. The largest absolute Gasteiger partial charge is 0.497 e. The van der Waals surface area contributed by atoms with Crippen molar-refractivity contribution < 1.29 is 14.3 Å². The highest BCUT2D eigenvalue weighted by molar-refractivity contribution is 7.09. The number of anilines is 1. The minimum atomic E-state index is -0.179. The summed E-state index contributed by atoms with van der Waals surface area (Å²) < 4.78 is 10.8. The van der Waals surface area contributed by atoms with Crippen LogP contribution in [0.3, 0.4) is 0 Å². The maximum atomic E-state index is 12.4. The Bertz CT molecular complexity index is 798. The Morgan fingerprint density at radius 3 is 2.58 bits per heavy atom. The number of amides is 1. The third-order valence-corrected chi connectivity index (χ3v) is 4.26. The monoisotopic (exact) mass is 339 g/mol. The van der Waals surface area contributed by atoms with Crippen molar-refractivity contribution in [2.24, 2.45) is 0 Å². The molecule has 0 aliphatic carbocycles. The number of hydrogen-bond donors (Lipinski definition) is 1. The average molecular weight is 339 g/mol. The maximum absolute atomic E-state index is 12.4. The first-order valence-electron chi connectivity index (χ1n) is 7.45.